The highest BCUT2D eigenvalue weighted by Gasteiger charge is 2.16. The topological polar surface area (TPSA) is 32.3 Å². The fourth-order valence-corrected chi connectivity index (χ4v) is 2.84. The summed E-state index contributed by atoms with van der Waals surface area (Å²) in [6.07, 6.45) is 2.42. The second-order valence-electron chi connectivity index (χ2n) is 5.42. The molecule has 1 heterocycles. The molecule has 0 saturated carbocycles. The summed E-state index contributed by atoms with van der Waals surface area (Å²) in [5.74, 6) is 0.478. The number of nitrogens with zero attached hydrogens (tertiary/aromatic N) is 1. The first-order valence-electron chi connectivity index (χ1n) is 6.88. The summed E-state index contributed by atoms with van der Waals surface area (Å²) in [6, 6.07) is 6.02. The van der Waals surface area contributed by atoms with Gasteiger partial charge in [0.1, 0.15) is 0 Å². The smallest absolute Gasteiger partial charge is 0.238 e. The van der Waals surface area contributed by atoms with Gasteiger partial charge < -0.3 is 5.32 Å². The third-order valence-electron chi connectivity index (χ3n) is 3.48. The van der Waals surface area contributed by atoms with Crippen LogP contribution < -0.4 is 5.32 Å². The number of likely N-dealkylation sites (tertiary alicyclic amines) is 1. The standard InChI is InChI=1S/C15H21BrN2O/c1-11(2)13-9-12(16)5-6-14(13)17-15(19)10-18-7-3-4-8-18/h5-6,9,11H,3-4,7-8,10H2,1-2H3,(H,17,19). The highest BCUT2D eigenvalue weighted by atomic mass is 79.9. The Morgan fingerprint density at radius 3 is 2.68 bits per heavy atom. The number of halogens is 1. The third-order valence-corrected chi connectivity index (χ3v) is 3.97. The number of hydrogen-bond acceptors (Lipinski definition) is 2. The second-order valence-corrected chi connectivity index (χ2v) is 6.33. The van der Waals surface area contributed by atoms with Crippen LogP contribution in [-0.2, 0) is 4.79 Å². The van der Waals surface area contributed by atoms with Gasteiger partial charge >= 0.3 is 0 Å². The Morgan fingerprint density at radius 1 is 1.37 bits per heavy atom. The largest absolute Gasteiger partial charge is 0.325 e. The Bertz CT molecular complexity index is 453. The molecule has 1 N–H and O–H groups in total. The van der Waals surface area contributed by atoms with Crippen molar-refractivity contribution in [3.8, 4) is 0 Å². The lowest BCUT2D eigenvalue weighted by Gasteiger charge is -2.17. The Kier molecular flexibility index (Phi) is 4.99. The van der Waals surface area contributed by atoms with E-state index in [0.717, 1.165) is 23.2 Å². The van der Waals surface area contributed by atoms with E-state index in [4.69, 9.17) is 0 Å². The van der Waals surface area contributed by atoms with E-state index in [1.807, 2.05) is 12.1 Å². The molecule has 1 aliphatic rings. The van der Waals surface area contributed by atoms with Crippen LogP contribution in [0.4, 0.5) is 5.69 Å². The van der Waals surface area contributed by atoms with Crippen LogP contribution in [0.5, 0.6) is 0 Å². The predicted molar refractivity (Wildman–Crippen MR) is 82.5 cm³/mol. The average molecular weight is 325 g/mol. The summed E-state index contributed by atoms with van der Waals surface area (Å²) in [6.45, 7) is 6.87. The summed E-state index contributed by atoms with van der Waals surface area (Å²) >= 11 is 3.48. The molecule has 0 bridgehead atoms. The minimum atomic E-state index is 0.0890. The van der Waals surface area contributed by atoms with Crippen molar-refractivity contribution in [2.75, 3.05) is 25.0 Å². The maximum absolute atomic E-state index is 12.1. The van der Waals surface area contributed by atoms with Crippen molar-refractivity contribution < 1.29 is 4.79 Å². The fraction of sp³-hybridized carbons (Fsp3) is 0.533. The molecule has 0 radical (unpaired) electrons. The molecule has 0 aliphatic carbocycles. The minimum absolute atomic E-state index is 0.0890. The number of anilines is 1. The molecule has 1 saturated heterocycles. The van der Waals surface area contributed by atoms with Gasteiger partial charge in [0, 0.05) is 10.2 Å². The van der Waals surface area contributed by atoms with Gasteiger partial charge in [-0.25, -0.2) is 0 Å². The average Bonchev–Trinajstić information content (AvgIpc) is 2.83. The summed E-state index contributed by atoms with van der Waals surface area (Å²) < 4.78 is 1.05. The van der Waals surface area contributed by atoms with Crippen molar-refractivity contribution in [3.63, 3.8) is 0 Å². The van der Waals surface area contributed by atoms with E-state index in [1.54, 1.807) is 0 Å². The highest BCUT2D eigenvalue weighted by Crippen LogP contribution is 2.27. The Labute approximate surface area is 123 Å². The summed E-state index contributed by atoms with van der Waals surface area (Å²) in [4.78, 5) is 14.3. The molecular weight excluding hydrogens is 304 g/mol. The molecule has 19 heavy (non-hydrogen) atoms. The van der Waals surface area contributed by atoms with Gasteiger partial charge in [0.25, 0.3) is 0 Å². The molecule has 4 heteroatoms. The molecular formula is C15H21BrN2O. The second kappa shape index (κ2) is 6.53. The van der Waals surface area contributed by atoms with Gasteiger partial charge in [0.15, 0.2) is 0 Å². The van der Waals surface area contributed by atoms with Gasteiger partial charge in [-0.3, -0.25) is 9.69 Å². The van der Waals surface area contributed by atoms with Crippen molar-refractivity contribution >= 4 is 27.5 Å². The minimum Gasteiger partial charge on any atom is -0.325 e. The Hall–Kier alpha value is -0.870. The van der Waals surface area contributed by atoms with E-state index in [-0.39, 0.29) is 5.91 Å². The van der Waals surface area contributed by atoms with Crippen LogP contribution in [0, 0.1) is 0 Å². The maximum atomic E-state index is 12.1. The molecule has 2 rings (SSSR count). The van der Waals surface area contributed by atoms with Gasteiger partial charge in [-0.2, -0.15) is 0 Å². The number of benzene rings is 1. The van der Waals surface area contributed by atoms with Crippen LogP contribution in [-0.4, -0.2) is 30.4 Å². The molecule has 1 fully saturated rings. The van der Waals surface area contributed by atoms with Crippen LogP contribution >= 0.6 is 15.9 Å². The van der Waals surface area contributed by atoms with E-state index >= 15 is 0 Å². The number of nitrogens with one attached hydrogen (secondary N) is 1. The summed E-state index contributed by atoms with van der Waals surface area (Å²) in [7, 11) is 0. The number of hydrogen-bond donors (Lipinski definition) is 1. The monoisotopic (exact) mass is 324 g/mol. The number of carbonyl (C=O) groups excluding carboxylic acids is 1. The van der Waals surface area contributed by atoms with Crippen LogP contribution in [0.3, 0.4) is 0 Å². The lowest BCUT2D eigenvalue weighted by atomic mass is 10.0. The van der Waals surface area contributed by atoms with Crippen LogP contribution in [0.2, 0.25) is 0 Å². The van der Waals surface area contributed by atoms with Crippen LogP contribution in [0.15, 0.2) is 22.7 Å². The van der Waals surface area contributed by atoms with Crippen molar-refractivity contribution in [2.24, 2.45) is 0 Å². The van der Waals surface area contributed by atoms with Crippen LogP contribution in [0.25, 0.3) is 0 Å². The lowest BCUT2D eigenvalue weighted by molar-refractivity contribution is -0.117. The molecule has 1 amide bonds. The van der Waals surface area contributed by atoms with Crippen molar-refractivity contribution in [2.45, 2.75) is 32.6 Å². The van der Waals surface area contributed by atoms with Crippen LogP contribution in [0.1, 0.15) is 38.2 Å². The zero-order valence-electron chi connectivity index (χ0n) is 11.6. The third kappa shape index (κ3) is 4.05. The van der Waals surface area contributed by atoms with E-state index in [9.17, 15) is 4.79 Å². The molecule has 1 aromatic carbocycles. The molecule has 0 unspecified atom stereocenters. The molecule has 0 spiro atoms. The summed E-state index contributed by atoms with van der Waals surface area (Å²) in [5, 5.41) is 3.04. The molecule has 3 nitrogen and oxygen atoms in total. The quantitative estimate of drug-likeness (QED) is 0.917. The normalized spacial score (nSPS) is 16.0. The van der Waals surface area contributed by atoms with E-state index in [1.165, 1.54) is 18.4 Å². The maximum Gasteiger partial charge on any atom is 0.238 e. The first-order chi connectivity index (χ1) is 9.06. The Morgan fingerprint density at radius 2 is 2.05 bits per heavy atom. The molecule has 0 aromatic heterocycles. The van der Waals surface area contributed by atoms with Gasteiger partial charge in [-0.1, -0.05) is 29.8 Å². The summed E-state index contributed by atoms with van der Waals surface area (Å²) in [5.41, 5.74) is 2.10. The van der Waals surface area contributed by atoms with Gasteiger partial charge in [0.05, 0.1) is 6.54 Å². The lowest BCUT2D eigenvalue weighted by Crippen LogP contribution is -2.31. The molecule has 104 valence electrons. The first-order valence-corrected chi connectivity index (χ1v) is 7.67. The molecule has 1 aromatic rings. The fourth-order valence-electron chi connectivity index (χ4n) is 2.46. The van der Waals surface area contributed by atoms with E-state index < -0.39 is 0 Å². The van der Waals surface area contributed by atoms with E-state index in [2.05, 4.69) is 46.1 Å². The van der Waals surface area contributed by atoms with Gasteiger partial charge in [-0.15, -0.1) is 0 Å². The Balaban J connectivity index is 2.03. The number of rotatable bonds is 4. The SMILES string of the molecule is CC(C)c1cc(Br)ccc1NC(=O)CN1CCCC1. The van der Waals surface area contributed by atoms with Gasteiger partial charge in [-0.05, 0) is 55.6 Å². The predicted octanol–water partition coefficient (Wildman–Crippen LogP) is 3.61. The molecule has 0 atom stereocenters. The first kappa shape index (κ1) is 14.5. The highest BCUT2D eigenvalue weighted by molar-refractivity contribution is 9.10. The van der Waals surface area contributed by atoms with E-state index in [0.29, 0.717) is 12.5 Å². The van der Waals surface area contributed by atoms with Crippen molar-refractivity contribution in [3.05, 3.63) is 28.2 Å². The zero-order valence-corrected chi connectivity index (χ0v) is 13.2. The van der Waals surface area contributed by atoms with Crippen molar-refractivity contribution in [1.29, 1.82) is 0 Å². The van der Waals surface area contributed by atoms with Gasteiger partial charge in [0.2, 0.25) is 5.91 Å². The number of amides is 1. The molecule has 1 aliphatic heterocycles. The number of carbonyl (C=O) groups is 1. The zero-order chi connectivity index (χ0) is 13.8. The van der Waals surface area contributed by atoms with Crippen molar-refractivity contribution in [1.82, 2.24) is 4.90 Å².